The largest absolute Gasteiger partial charge is 0.329 e. The summed E-state index contributed by atoms with van der Waals surface area (Å²) in [5.74, 6) is 0.488. The van der Waals surface area contributed by atoms with Crippen LogP contribution in [0.1, 0.15) is 30.8 Å². The van der Waals surface area contributed by atoms with E-state index in [2.05, 4.69) is 20.7 Å². The maximum atomic E-state index is 12.6. The number of aryl methyl sites for hydroxylation is 1. The molecule has 1 fully saturated rings. The number of anilines is 1. The summed E-state index contributed by atoms with van der Waals surface area (Å²) in [6.07, 6.45) is 4.93. The van der Waals surface area contributed by atoms with Crippen molar-refractivity contribution in [3.05, 3.63) is 28.8 Å². The van der Waals surface area contributed by atoms with E-state index in [-0.39, 0.29) is 18.0 Å². The van der Waals surface area contributed by atoms with E-state index in [1.54, 1.807) is 35.1 Å². The van der Waals surface area contributed by atoms with Crippen molar-refractivity contribution in [2.24, 2.45) is 7.05 Å². The number of aromatic nitrogens is 3. The van der Waals surface area contributed by atoms with Crippen molar-refractivity contribution in [1.82, 2.24) is 25.4 Å². The number of piperidine rings is 1. The highest BCUT2D eigenvalue weighted by Gasteiger charge is 2.32. The second kappa shape index (κ2) is 7.00. The van der Waals surface area contributed by atoms with Gasteiger partial charge < -0.3 is 10.6 Å². The minimum atomic E-state index is -0.538. The fraction of sp³-hybridized carbons (Fsp3) is 0.467. The maximum Gasteiger partial charge on any atom is 0.315 e. The minimum absolute atomic E-state index is 0.128. The van der Waals surface area contributed by atoms with E-state index in [1.165, 1.54) is 11.3 Å². The first-order valence-corrected chi connectivity index (χ1v) is 8.70. The molecule has 2 aromatic heterocycles. The van der Waals surface area contributed by atoms with Gasteiger partial charge in [-0.2, -0.15) is 5.10 Å². The molecule has 0 radical (unpaired) electrons. The van der Waals surface area contributed by atoms with Crippen molar-refractivity contribution in [2.75, 3.05) is 11.4 Å². The van der Waals surface area contributed by atoms with E-state index in [0.717, 1.165) is 11.4 Å². The first-order chi connectivity index (χ1) is 11.5. The Kier molecular flexibility index (Phi) is 4.79. The van der Waals surface area contributed by atoms with Crippen LogP contribution in [0.3, 0.4) is 0 Å². The lowest BCUT2D eigenvalue weighted by atomic mass is 10.1. The normalized spacial score (nSPS) is 19.2. The van der Waals surface area contributed by atoms with Gasteiger partial charge in [-0.25, -0.2) is 9.78 Å². The van der Waals surface area contributed by atoms with E-state index in [9.17, 15) is 9.59 Å². The molecule has 1 aliphatic heterocycles. The number of amides is 3. The van der Waals surface area contributed by atoms with Gasteiger partial charge >= 0.3 is 6.03 Å². The maximum absolute atomic E-state index is 12.6. The fourth-order valence-electron chi connectivity index (χ4n) is 2.69. The minimum Gasteiger partial charge on any atom is -0.329 e. The summed E-state index contributed by atoms with van der Waals surface area (Å²) in [4.78, 5) is 30.6. The van der Waals surface area contributed by atoms with Crippen molar-refractivity contribution in [1.29, 1.82) is 0 Å². The van der Waals surface area contributed by atoms with Crippen molar-refractivity contribution in [2.45, 2.75) is 31.8 Å². The van der Waals surface area contributed by atoms with Crippen LogP contribution in [0, 0.1) is 0 Å². The van der Waals surface area contributed by atoms with Crippen LogP contribution in [-0.2, 0) is 11.8 Å². The molecule has 0 spiro atoms. The zero-order valence-corrected chi connectivity index (χ0v) is 14.4. The molecule has 1 aliphatic rings. The van der Waals surface area contributed by atoms with E-state index >= 15 is 0 Å². The number of rotatable bonds is 4. The first kappa shape index (κ1) is 16.4. The van der Waals surface area contributed by atoms with Crippen LogP contribution in [0.25, 0.3) is 0 Å². The van der Waals surface area contributed by atoms with Crippen LogP contribution in [0.15, 0.2) is 23.8 Å². The number of nitrogens with zero attached hydrogens (tertiary/aromatic N) is 4. The number of nitrogens with one attached hydrogen (secondary N) is 2. The van der Waals surface area contributed by atoms with E-state index in [1.807, 2.05) is 12.3 Å². The average molecular weight is 348 g/mol. The molecule has 0 bridgehead atoms. The molecule has 24 heavy (non-hydrogen) atoms. The van der Waals surface area contributed by atoms with Gasteiger partial charge in [-0.15, -0.1) is 11.3 Å². The van der Waals surface area contributed by atoms with Crippen LogP contribution >= 0.6 is 11.3 Å². The fourth-order valence-corrected chi connectivity index (χ4v) is 3.34. The van der Waals surface area contributed by atoms with E-state index in [4.69, 9.17) is 0 Å². The van der Waals surface area contributed by atoms with Gasteiger partial charge in [-0.1, -0.05) is 0 Å². The quantitative estimate of drug-likeness (QED) is 0.874. The Morgan fingerprint density at radius 2 is 2.33 bits per heavy atom. The van der Waals surface area contributed by atoms with Crippen molar-refractivity contribution >= 4 is 29.1 Å². The molecular weight excluding hydrogens is 328 g/mol. The van der Waals surface area contributed by atoms with Crippen molar-refractivity contribution in [3.8, 4) is 0 Å². The van der Waals surface area contributed by atoms with E-state index < -0.39 is 6.04 Å². The lowest BCUT2D eigenvalue weighted by Crippen LogP contribution is -2.54. The van der Waals surface area contributed by atoms with Gasteiger partial charge in [0.1, 0.15) is 11.0 Å². The number of hydrogen-bond donors (Lipinski definition) is 2. The third-order valence-electron chi connectivity index (χ3n) is 3.89. The van der Waals surface area contributed by atoms with Gasteiger partial charge in [-0.3, -0.25) is 14.4 Å². The van der Waals surface area contributed by atoms with Gasteiger partial charge in [0.25, 0.3) is 5.91 Å². The molecule has 3 amide bonds. The smallest absolute Gasteiger partial charge is 0.315 e. The molecule has 9 heteroatoms. The predicted octanol–water partition coefficient (Wildman–Crippen LogP) is 1.43. The van der Waals surface area contributed by atoms with Crippen LogP contribution in [0.2, 0.25) is 0 Å². The van der Waals surface area contributed by atoms with Gasteiger partial charge in [0, 0.05) is 37.4 Å². The Morgan fingerprint density at radius 1 is 1.50 bits per heavy atom. The Hall–Kier alpha value is -2.42. The third-order valence-corrected chi connectivity index (χ3v) is 4.85. The molecule has 128 valence electrons. The third kappa shape index (κ3) is 3.56. The molecule has 8 nitrogen and oxygen atoms in total. The van der Waals surface area contributed by atoms with Gasteiger partial charge in [0.2, 0.25) is 0 Å². The number of thiazole rings is 1. The summed E-state index contributed by atoms with van der Waals surface area (Å²) in [5.41, 5.74) is 0. The molecule has 0 saturated carbocycles. The zero-order valence-electron chi connectivity index (χ0n) is 13.6. The lowest BCUT2D eigenvalue weighted by molar-refractivity contribution is -0.121. The highest BCUT2D eigenvalue weighted by molar-refractivity contribution is 7.09. The summed E-state index contributed by atoms with van der Waals surface area (Å²) in [6, 6.07) is 0.698. The summed E-state index contributed by atoms with van der Waals surface area (Å²) in [5, 5.41) is 12.5. The molecular formula is C15H20N6O2S. The second-order valence-corrected chi connectivity index (χ2v) is 6.67. The topological polar surface area (TPSA) is 92.2 Å². The van der Waals surface area contributed by atoms with Crippen LogP contribution in [0.5, 0.6) is 0 Å². The van der Waals surface area contributed by atoms with Gasteiger partial charge in [0.15, 0.2) is 5.82 Å². The molecule has 0 aromatic carbocycles. The molecule has 2 N–H and O–H groups in total. The van der Waals surface area contributed by atoms with Crippen LogP contribution < -0.4 is 15.5 Å². The summed E-state index contributed by atoms with van der Waals surface area (Å²) < 4.78 is 1.65. The lowest BCUT2D eigenvalue weighted by Gasteiger charge is -2.31. The molecule has 3 heterocycles. The molecule has 3 rings (SSSR count). The number of hydrogen-bond acceptors (Lipinski definition) is 5. The van der Waals surface area contributed by atoms with Crippen LogP contribution in [0.4, 0.5) is 10.6 Å². The predicted molar refractivity (Wildman–Crippen MR) is 90.8 cm³/mol. The van der Waals surface area contributed by atoms with E-state index in [0.29, 0.717) is 18.8 Å². The van der Waals surface area contributed by atoms with Gasteiger partial charge in [-0.05, 0) is 19.8 Å². The molecule has 0 unspecified atom stereocenters. The Bertz CT molecular complexity index is 713. The zero-order chi connectivity index (χ0) is 17.1. The Morgan fingerprint density at radius 3 is 3.00 bits per heavy atom. The number of carbonyl (C=O) groups excluding carboxylic acids is 2. The summed E-state index contributed by atoms with van der Waals surface area (Å²) >= 11 is 1.48. The second-order valence-electron chi connectivity index (χ2n) is 5.74. The SMILES string of the molecule is C[C@@H](NC(=O)N[C@H]1CCCN(c2ccn(C)n2)C1=O)c1nccs1. The molecule has 2 atom stereocenters. The number of carbonyl (C=O) groups is 2. The van der Waals surface area contributed by atoms with Crippen molar-refractivity contribution < 1.29 is 9.59 Å². The monoisotopic (exact) mass is 348 g/mol. The molecule has 2 aromatic rings. The summed E-state index contributed by atoms with van der Waals surface area (Å²) in [7, 11) is 1.81. The number of urea groups is 1. The van der Waals surface area contributed by atoms with Gasteiger partial charge in [0.05, 0.1) is 6.04 Å². The standard InChI is InChI=1S/C15H20N6O2S/c1-10(13-16-6-9-24-13)17-15(23)18-11-4-3-7-21(14(11)22)12-5-8-20(2)19-12/h5-6,8-11H,3-4,7H2,1-2H3,(H2,17,18,23)/t10-,11+/m1/s1. The van der Waals surface area contributed by atoms with Crippen molar-refractivity contribution in [3.63, 3.8) is 0 Å². The Balaban J connectivity index is 1.60. The highest BCUT2D eigenvalue weighted by atomic mass is 32.1. The highest BCUT2D eigenvalue weighted by Crippen LogP contribution is 2.19. The van der Waals surface area contributed by atoms with Crippen LogP contribution in [-0.4, -0.2) is 39.3 Å². The summed E-state index contributed by atoms with van der Waals surface area (Å²) in [6.45, 7) is 2.48. The first-order valence-electron chi connectivity index (χ1n) is 7.82. The average Bonchev–Trinajstić information content (AvgIpc) is 3.21. The molecule has 0 aliphatic carbocycles. The Labute approximate surface area is 143 Å². The molecule has 1 saturated heterocycles.